The second-order valence-electron chi connectivity index (χ2n) is 7.22. The van der Waals surface area contributed by atoms with Crippen molar-refractivity contribution in [2.24, 2.45) is 5.92 Å². The van der Waals surface area contributed by atoms with E-state index in [1.165, 1.54) is 103 Å². The van der Waals surface area contributed by atoms with Crippen molar-refractivity contribution >= 4 is 0 Å². The van der Waals surface area contributed by atoms with Crippen LogP contribution in [0.1, 0.15) is 110 Å². The summed E-state index contributed by atoms with van der Waals surface area (Å²) in [5.41, 5.74) is 0. The lowest BCUT2D eigenvalue weighted by Gasteiger charge is -2.20. The summed E-state index contributed by atoms with van der Waals surface area (Å²) >= 11 is 0. The largest absolute Gasteiger partial charge is 0.314 e. The van der Waals surface area contributed by atoms with Crippen LogP contribution in [-0.2, 0) is 0 Å². The third kappa shape index (κ3) is 9.55. The third-order valence-corrected chi connectivity index (χ3v) is 5.24. The average molecular weight is 296 g/mol. The fourth-order valence-electron chi connectivity index (χ4n) is 3.87. The van der Waals surface area contributed by atoms with Gasteiger partial charge >= 0.3 is 0 Å². The average Bonchev–Trinajstić information content (AvgIpc) is 2.94. The van der Waals surface area contributed by atoms with Crippen LogP contribution in [0.5, 0.6) is 0 Å². The Balaban J connectivity index is 1.87. The Kier molecular flexibility index (Phi) is 12.3. The Bertz CT molecular complexity index is 214. The van der Waals surface area contributed by atoms with E-state index in [0.29, 0.717) is 0 Å². The molecule has 0 saturated heterocycles. The molecule has 0 radical (unpaired) electrons. The van der Waals surface area contributed by atoms with Gasteiger partial charge in [-0.15, -0.1) is 0 Å². The highest BCUT2D eigenvalue weighted by atomic mass is 14.9. The second-order valence-corrected chi connectivity index (χ2v) is 7.22. The third-order valence-electron chi connectivity index (χ3n) is 5.24. The van der Waals surface area contributed by atoms with E-state index in [2.05, 4.69) is 19.2 Å². The first-order valence-corrected chi connectivity index (χ1v) is 10.1. The molecule has 126 valence electrons. The molecule has 1 N–H and O–H groups in total. The Hall–Kier alpha value is -0.0400. The summed E-state index contributed by atoms with van der Waals surface area (Å²) in [5, 5.41) is 3.77. The zero-order chi connectivity index (χ0) is 15.2. The van der Waals surface area contributed by atoms with Gasteiger partial charge < -0.3 is 5.32 Å². The van der Waals surface area contributed by atoms with Crippen molar-refractivity contribution in [2.75, 3.05) is 6.54 Å². The molecule has 0 spiro atoms. The van der Waals surface area contributed by atoms with Gasteiger partial charge in [0.15, 0.2) is 0 Å². The van der Waals surface area contributed by atoms with Crippen LogP contribution in [0.15, 0.2) is 0 Å². The molecule has 0 heterocycles. The van der Waals surface area contributed by atoms with Gasteiger partial charge in [0.2, 0.25) is 0 Å². The molecule has 1 saturated carbocycles. The fourth-order valence-corrected chi connectivity index (χ4v) is 3.87. The fraction of sp³-hybridized carbons (Fsp3) is 1.00. The highest BCUT2D eigenvalue weighted by Crippen LogP contribution is 2.30. The number of hydrogen-bond acceptors (Lipinski definition) is 1. The Morgan fingerprint density at radius 2 is 1.33 bits per heavy atom. The quantitative estimate of drug-likeness (QED) is 0.362. The van der Waals surface area contributed by atoms with Gasteiger partial charge in [-0.05, 0) is 38.1 Å². The van der Waals surface area contributed by atoms with Crippen molar-refractivity contribution in [3.05, 3.63) is 0 Å². The van der Waals surface area contributed by atoms with Crippen LogP contribution < -0.4 is 5.32 Å². The Labute approximate surface area is 134 Å². The lowest BCUT2D eigenvalue weighted by molar-refractivity contribution is 0.365. The molecule has 0 aliphatic heterocycles. The van der Waals surface area contributed by atoms with Gasteiger partial charge in [0.1, 0.15) is 0 Å². The molecule has 2 unspecified atom stereocenters. The molecule has 1 rings (SSSR count). The summed E-state index contributed by atoms with van der Waals surface area (Å²) in [6, 6.07) is 0.850. The summed E-state index contributed by atoms with van der Waals surface area (Å²) in [6.45, 7) is 5.80. The number of unbranched alkanes of at least 4 members (excludes halogenated alkanes) is 9. The molecule has 0 aromatic rings. The lowest BCUT2D eigenvalue weighted by Crippen LogP contribution is -2.32. The van der Waals surface area contributed by atoms with Crippen molar-refractivity contribution in [2.45, 2.75) is 116 Å². The molecule has 2 atom stereocenters. The Morgan fingerprint density at radius 3 is 1.95 bits per heavy atom. The van der Waals surface area contributed by atoms with Crippen molar-refractivity contribution in [1.29, 1.82) is 0 Å². The van der Waals surface area contributed by atoms with Gasteiger partial charge in [0.25, 0.3) is 0 Å². The Morgan fingerprint density at radius 1 is 0.714 bits per heavy atom. The van der Waals surface area contributed by atoms with Crippen molar-refractivity contribution in [3.8, 4) is 0 Å². The monoisotopic (exact) mass is 295 g/mol. The first kappa shape index (κ1) is 19.0. The van der Waals surface area contributed by atoms with E-state index >= 15 is 0 Å². The predicted octanol–water partition coefficient (Wildman–Crippen LogP) is 6.47. The van der Waals surface area contributed by atoms with Crippen LogP contribution >= 0.6 is 0 Å². The van der Waals surface area contributed by atoms with E-state index in [4.69, 9.17) is 0 Å². The van der Waals surface area contributed by atoms with E-state index in [1.54, 1.807) is 0 Å². The SMILES string of the molecule is CCCCCCCCCCCCC1CCCC1NCCC. The zero-order valence-electron chi connectivity index (χ0n) is 15.0. The first-order chi connectivity index (χ1) is 10.4. The van der Waals surface area contributed by atoms with Crippen LogP contribution in [0.4, 0.5) is 0 Å². The molecule has 0 aromatic carbocycles. The lowest BCUT2D eigenvalue weighted by atomic mass is 9.95. The van der Waals surface area contributed by atoms with Crippen LogP contribution in [-0.4, -0.2) is 12.6 Å². The molecule has 1 aliphatic carbocycles. The standard InChI is InChI=1S/C20H41N/c1-3-5-6-7-8-9-10-11-12-13-15-19-16-14-17-20(19)21-18-4-2/h19-21H,3-18H2,1-2H3. The highest BCUT2D eigenvalue weighted by Gasteiger charge is 2.25. The van der Waals surface area contributed by atoms with E-state index < -0.39 is 0 Å². The summed E-state index contributed by atoms with van der Waals surface area (Å²) in [4.78, 5) is 0. The smallest absolute Gasteiger partial charge is 0.00953 e. The normalized spacial score (nSPS) is 22.0. The maximum absolute atomic E-state index is 3.77. The topological polar surface area (TPSA) is 12.0 Å². The number of nitrogens with one attached hydrogen (secondary N) is 1. The first-order valence-electron chi connectivity index (χ1n) is 10.1. The highest BCUT2D eigenvalue weighted by molar-refractivity contribution is 4.82. The van der Waals surface area contributed by atoms with Gasteiger partial charge in [0.05, 0.1) is 0 Å². The van der Waals surface area contributed by atoms with Crippen molar-refractivity contribution in [3.63, 3.8) is 0 Å². The maximum atomic E-state index is 3.77. The second kappa shape index (κ2) is 13.6. The number of rotatable bonds is 14. The minimum Gasteiger partial charge on any atom is -0.314 e. The summed E-state index contributed by atoms with van der Waals surface area (Å²) in [6.07, 6.45) is 21.8. The summed E-state index contributed by atoms with van der Waals surface area (Å²) in [7, 11) is 0. The van der Waals surface area contributed by atoms with Crippen molar-refractivity contribution in [1.82, 2.24) is 5.32 Å². The van der Waals surface area contributed by atoms with E-state index in [-0.39, 0.29) is 0 Å². The van der Waals surface area contributed by atoms with E-state index in [1.807, 2.05) is 0 Å². The van der Waals surface area contributed by atoms with E-state index in [0.717, 1.165) is 12.0 Å². The van der Waals surface area contributed by atoms with Gasteiger partial charge in [-0.25, -0.2) is 0 Å². The van der Waals surface area contributed by atoms with Crippen LogP contribution in [0.3, 0.4) is 0 Å². The molecule has 1 heteroatoms. The summed E-state index contributed by atoms with van der Waals surface area (Å²) in [5.74, 6) is 0.991. The molecular formula is C20H41N. The molecule has 0 aromatic heterocycles. The number of hydrogen-bond donors (Lipinski definition) is 1. The predicted molar refractivity (Wildman–Crippen MR) is 95.9 cm³/mol. The molecule has 1 aliphatic rings. The van der Waals surface area contributed by atoms with Gasteiger partial charge in [0, 0.05) is 6.04 Å². The van der Waals surface area contributed by atoms with Crippen LogP contribution in [0.2, 0.25) is 0 Å². The van der Waals surface area contributed by atoms with Gasteiger partial charge in [-0.2, -0.15) is 0 Å². The molecule has 0 amide bonds. The molecule has 1 fully saturated rings. The molecule has 21 heavy (non-hydrogen) atoms. The molecule has 0 bridgehead atoms. The molecular weight excluding hydrogens is 254 g/mol. The van der Waals surface area contributed by atoms with Gasteiger partial charge in [-0.3, -0.25) is 0 Å². The van der Waals surface area contributed by atoms with Crippen LogP contribution in [0, 0.1) is 5.92 Å². The minimum atomic E-state index is 0.850. The van der Waals surface area contributed by atoms with Crippen LogP contribution in [0.25, 0.3) is 0 Å². The minimum absolute atomic E-state index is 0.850. The summed E-state index contributed by atoms with van der Waals surface area (Å²) < 4.78 is 0. The van der Waals surface area contributed by atoms with Crippen molar-refractivity contribution < 1.29 is 0 Å². The zero-order valence-corrected chi connectivity index (χ0v) is 15.0. The molecule has 1 nitrogen and oxygen atoms in total. The van der Waals surface area contributed by atoms with E-state index in [9.17, 15) is 0 Å². The maximum Gasteiger partial charge on any atom is 0.00953 e. The van der Waals surface area contributed by atoms with Gasteiger partial charge in [-0.1, -0.05) is 84.5 Å².